The standard InChI is InChI=1S/C17H19N3OS/c1-3-20-15-9-5-4-8-14(15)19-17(20)12(2)18-16(21)11-13-7-6-10-22-13/h4-10,12H,3,11H2,1-2H3,(H,18,21). The van der Waals surface area contributed by atoms with Crippen LogP contribution < -0.4 is 5.32 Å². The summed E-state index contributed by atoms with van der Waals surface area (Å²) in [5.41, 5.74) is 2.08. The number of thiophene rings is 1. The molecule has 5 heteroatoms. The third-order valence-corrected chi connectivity index (χ3v) is 4.56. The molecule has 1 N–H and O–H groups in total. The SMILES string of the molecule is CCn1c(C(C)NC(=O)Cc2cccs2)nc2ccccc21. The summed E-state index contributed by atoms with van der Waals surface area (Å²) in [6.45, 7) is 4.92. The molecule has 1 unspecified atom stereocenters. The topological polar surface area (TPSA) is 46.9 Å². The maximum Gasteiger partial charge on any atom is 0.225 e. The van der Waals surface area contributed by atoms with Crippen LogP contribution in [0.2, 0.25) is 0 Å². The van der Waals surface area contributed by atoms with E-state index in [0.717, 1.165) is 28.3 Å². The molecule has 3 rings (SSSR count). The van der Waals surface area contributed by atoms with Crippen LogP contribution in [0.4, 0.5) is 0 Å². The quantitative estimate of drug-likeness (QED) is 0.783. The van der Waals surface area contributed by atoms with Crippen LogP contribution in [0.3, 0.4) is 0 Å². The van der Waals surface area contributed by atoms with Crippen LogP contribution in [-0.2, 0) is 17.8 Å². The zero-order valence-corrected chi connectivity index (χ0v) is 13.6. The third-order valence-electron chi connectivity index (χ3n) is 3.68. The fourth-order valence-electron chi connectivity index (χ4n) is 2.69. The predicted molar refractivity (Wildman–Crippen MR) is 90.0 cm³/mol. The smallest absolute Gasteiger partial charge is 0.225 e. The van der Waals surface area contributed by atoms with Gasteiger partial charge in [-0.1, -0.05) is 18.2 Å². The molecule has 3 aromatic rings. The molecular formula is C17H19N3OS. The van der Waals surface area contributed by atoms with E-state index in [2.05, 4.69) is 27.9 Å². The van der Waals surface area contributed by atoms with Gasteiger partial charge in [0, 0.05) is 11.4 Å². The molecule has 0 aliphatic rings. The number of carbonyl (C=O) groups is 1. The Balaban J connectivity index is 1.79. The van der Waals surface area contributed by atoms with Crippen molar-refractivity contribution in [3.05, 3.63) is 52.5 Å². The van der Waals surface area contributed by atoms with Crippen LogP contribution in [0.1, 0.15) is 30.6 Å². The summed E-state index contributed by atoms with van der Waals surface area (Å²) in [5.74, 6) is 0.938. The number of nitrogens with zero attached hydrogens (tertiary/aromatic N) is 2. The predicted octanol–water partition coefficient (Wildman–Crippen LogP) is 3.54. The average Bonchev–Trinajstić information content (AvgIpc) is 3.13. The fraction of sp³-hybridized carbons (Fsp3) is 0.294. The molecule has 2 heterocycles. The van der Waals surface area contributed by atoms with Crippen molar-refractivity contribution < 1.29 is 4.79 Å². The first-order valence-electron chi connectivity index (χ1n) is 7.46. The Hall–Kier alpha value is -2.14. The number of benzene rings is 1. The molecule has 1 atom stereocenters. The van der Waals surface area contributed by atoms with Gasteiger partial charge in [0.25, 0.3) is 0 Å². The van der Waals surface area contributed by atoms with Crippen molar-refractivity contribution in [2.24, 2.45) is 0 Å². The van der Waals surface area contributed by atoms with Gasteiger partial charge < -0.3 is 9.88 Å². The number of fused-ring (bicyclic) bond motifs is 1. The van der Waals surface area contributed by atoms with E-state index in [4.69, 9.17) is 0 Å². The lowest BCUT2D eigenvalue weighted by Crippen LogP contribution is -2.29. The summed E-state index contributed by atoms with van der Waals surface area (Å²) in [5, 5.41) is 5.04. The summed E-state index contributed by atoms with van der Waals surface area (Å²) in [7, 11) is 0. The minimum absolute atomic E-state index is 0.0321. The van der Waals surface area contributed by atoms with Gasteiger partial charge in [-0.2, -0.15) is 0 Å². The number of hydrogen-bond donors (Lipinski definition) is 1. The van der Waals surface area contributed by atoms with Crippen LogP contribution in [0.5, 0.6) is 0 Å². The molecule has 4 nitrogen and oxygen atoms in total. The minimum Gasteiger partial charge on any atom is -0.346 e. The first kappa shape index (κ1) is 14.8. The van der Waals surface area contributed by atoms with Gasteiger partial charge in [0.2, 0.25) is 5.91 Å². The van der Waals surface area contributed by atoms with Gasteiger partial charge in [-0.3, -0.25) is 4.79 Å². The maximum absolute atomic E-state index is 12.2. The van der Waals surface area contributed by atoms with E-state index in [-0.39, 0.29) is 11.9 Å². The minimum atomic E-state index is -0.111. The molecule has 0 saturated carbocycles. The largest absolute Gasteiger partial charge is 0.346 e. The first-order chi connectivity index (χ1) is 10.7. The number of nitrogens with one attached hydrogen (secondary N) is 1. The highest BCUT2D eigenvalue weighted by atomic mass is 32.1. The Bertz CT molecular complexity index is 776. The first-order valence-corrected chi connectivity index (χ1v) is 8.34. The second-order valence-electron chi connectivity index (χ2n) is 5.25. The van der Waals surface area contributed by atoms with Crippen LogP contribution in [0.15, 0.2) is 41.8 Å². The van der Waals surface area contributed by atoms with Gasteiger partial charge in [0.1, 0.15) is 5.82 Å². The summed E-state index contributed by atoms with van der Waals surface area (Å²) in [4.78, 5) is 17.9. The van der Waals surface area contributed by atoms with Crippen molar-refractivity contribution >= 4 is 28.3 Å². The molecule has 0 fully saturated rings. The molecular weight excluding hydrogens is 294 g/mol. The molecule has 0 bridgehead atoms. The highest BCUT2D eigenvalue weighted by Gasteiger charge is 2.17. The normalized spacial score (nSPS) is 12.5. The van der Waals surface area contributed by atoms with Crippen LogP contribution >= 0.6 is 11.3 Å². The van der Waals surface area contributed by atoms with Gasteiger partial charge >= 0.3 is 0 Å². The number of para-hydroxylation sites is 2. The van der Waals surface area contributed by atoms with Gasteiger partial charge in [-0.25, -0.2) is 4.98 Å². The van der Waals surface area contributed by atoms with Crippen LogP contribution in [0.25, 0.3) is 11.0 Å². The van der Waals surface area contributed by atoms with Crippen molar-refractivity contribution in [3.8, 4) is 0 Å². The van der Waals surface area contributed by atoms with Gasteiger partial charge in [-0.15, -0.1) is 11.3 Å². The van der Waals surface area contributed by atoms with Crippen LogP contribution in [-0.4, -0.2) is 15.5 Å². The molecule has 114 valence electrons. The molecule has 0 aliphatic heterocycles. The summed E-state index contributed by atoms with van der Waals surface area (Å²) in [6.07, 6.45) is 0.425. The Morgan fingerprint density at radius 2 is 2.14 bits per heavy atom. The van der Waals surface area contributed by atoms with Crippen molar-refractivity contribution in [2.75, 3.05) is 0 Å². The molecule has 0 spiro atoms. The monoisotopic (exact) mass is 313 g/mol. The number of rotatable bonds is 5. The van der Waals surface area contributed by atoms with E-state index >= 15 is 0 Å². The second-order valence-corrected chi connectivity index (χ2v) is 6.28. The van der Waals surface area contributed by atoms with Crippen molar-refractivity contribution in [3.63, 3.8) is 0 Å². The molecule has 1 amide bonds. The molecule has 1 aromatic carbocycles. The Kier molecular flexibility index (Phi) is 4.24. The van der Waals surface area contributed by atoms with Gasteiger partial charge in [0.15, 0.2) is 0 Å². The highest BCUT2D eigenvalue weighted by molar-refractivity contribution is 7.10. The van der Waals surface area contributed by atoms with E-state index in [1.807, 2.05) is 42.6 Å². The second kappa shape index (κ2) is 6.32. The number of aromatic nitrogens is 2. The fourth-order valence-corrected chi connectivity index (χ4v) is 3.39. The number of carbonyl (C=O) groups excluding carboxylic acids is 1. The lowest BCUT2D eigenvalue weighted by Gasteiger charge is -2.15. The van der Waals surface area contributed by atoms with Crippen molar-refractivity contribution in [1.82, 2.24) is 14.9 Å². The van der Waals surface area contributed by atoms with E-state index in [1.54, 1.807) is 11.3 Å². The molecule has 2 aromatic heterocycles. The number of aryl methyl sites for hydroxylation is 1. The molecule has 0 saturated heterocycles. The maximum atomic E-state index is 12.2. The lowest BCUT2D eigenvalue weighted by atomic mass is 10.2. The Morgan fingerprint density at radius 3 is 2.86 bits per heavy atom. The zero-order chi connectivity index (χ0) is 15.5. The van der Waals surface area contributed by atoms with Gasteiger partial charge in [0.05, 0.1) is 23.5 Å². The Morgan fingerprint density at radius 1 is 1.32 bits per heavy atom. The molecule has 0 aliphatic carbocycles. The number of amides is 1. The number of imidazole rings is 1. The van der Waals surface area contributed by atoms with Crippen LogP contribution in [0, 0.1) is 0 Å². The zero-order valence-electron chi connectivity index (χ0n) is 12.7. The highest BCUT2D eigenvalue weighted by Crippen LogP contribution is 2.21. The molecule has 22 heavy (non-hydrogen) atoms. The Labute approximate surface area is 133 Å². The van der Waals surface area contributed by atoms with Crippen molar-refractivity contribution in [1.29, 1.82) is 0 Å². The van der Waals surface area contributed by atoms with E-state index in [0.29, 0.717) is 6.42 Å². The molecule has 0 radical (unpaired) electrons. The van der Waals surface area contributed by atoms with E-state index in [1.165, 1.54) is 0 Å². The van der Waals surface area contributed by atoms with Gasteiger partial charge in [-0.05, 0) is 37.4 Å². The summed E-state index contributed by atoms with van der Waals surface area (Å²) in [6, 6.07) is 11.9. The van der Waals surface area contributed by atoms with Crippen molar-refractivity contribution in [2.45, 2.75) is 32.9 Å². The number of hydrogen-bond acceptors (Lipinski definition) is 3. The third kappa shape index (κ3) is 2.90. The summed E-state index contributed by atoms with van der Waals surface area (Å²) >= 11 is 1.60. The van der Waals surface area contributed by atoms with E-state index < -0.39 is 0 Å². The van der Waals surface area contributed by atoms with E-state index in [9.17, 15) is 4.79 Å². The lowest BCUT2D eigenvalue weighted by molar-refractivity contribution is -0.121. The average molecular weight is 313 g/mol. The summed E-state index contributed by atoms with van der Waals surface area (Å²) < 4.78 is 2.16.